The second kappa shape index (κ2) is 18.5. The maximum atomic E-state index is 11.7. The molecule has 0 aliphatic rings. The van der Waals surface area contributed by atoms with Crippen LogP contribution in [0.4, 0.5) is 0 Å². The van der Waals surface area contributed by atoms with Crippen LogP contribution in [0.15, 0.2) is 12.7 Å². The van der Waals surface area contributed by atoms with Crippen LogP contribution in [-0.4, -0.2) is 17.5 Å². The Bertz CT molecular complexity index is 379. The van der Waals surface area contributed by atoms with Gasteiger partial charge < -0.3 is 11.1 Å². The van der Waals surface area contributed by atoms with Crippen LogP contribution in [-0.2, 0) is 4.79 Å². The van der Waals surface area contributed by atoms with Gasteiger partial charge >= 0.3 is 0 Å². The summed E-state index contributed by atoms with van der Waals surface area (Å²) < 4.78 is 0. The van der Waals surface area contributed by atoms with Crippen molar-refractivity contribution in [3.05, 3.63) is 12.7 Å². The van der Waals surface area contributed by atoms with E-state index in [1.54, 1.807) is 0 Å². The minimum Gasteiger partial charge on any atom is -0.350 e. The molecule has 0 aromatic heterocycles. The molecule has 3 N–H and O–H groups in total. The van der Waals surface area contributed by atoms with Gasteiger partial charge in [0.15, 0.2) is 0 Å². The number of hydrogen-bond donors (Lipinski definition) is 2. The van der Waals surface area contributed by atoms with Crippen molar-refractivity contribution in [3.63, 3.8) is 0 Å². The van der Waals surface area contributed by atoms with Gasteiger partial charge in [0.2, 0.25) is 5.91 Å². The highest BCUT2D eigenvalue weighted by Crippen LogP contribution is 2.26. The summed E-state index contributed by atoms with van der Waals surface area (Å²) in [7, 11) is 0. The van der Waals surface area contributed by atoms with Gasteiger partial charge in [0.05, 0.1) is 0 Å². The first-order chi connectivity index (χ1) is 12.9. The third kappa shape index (κ3) is 15.4. The van der Waals surface area contributed by atoms with E-state index in [9.17, 15) is 4.79 Å². The maximum absolute atomic E-state index is 11.7. The van der Waals surface area contributed by atoms with Crippen LogP contribution in [0.3, 0.4) is 0 Å². The summed E-state index contributed by atoms with van der Waals surface area (Å²) in [6.07, 6.45) is 19.7. The minimum atomic E-state index is -0.285. The molecule has 0 saturated heterocycles. The van der Waals surface area contributed by atoms with Gasteiger partial charge in [-0.25, -0.2) is 0 Å². The van der Waals surface area contributed by atoms with Crippen molar-refractivity contribution in [2.24, 2.45) is 11.7 Å². The molecule has 0 bridgehead atoms. The monoisotopic (exact) mass is 416 g/mol. The van der Waals surface area contributed by atoms with E-state index in [0.717, 1.165) is 12.8 Å². The Hall–Kier alpha value is -0.540. The van der Waals surface area contributed by atoms with Crippen molar-refractivity contribution in [1.29, 1.82) is 0 Å². The standard InChI is InChI=1S/C24H48N2O.ClH/c1-6-9-10-11-12-13-14-15-16-17-18-19-20-21(24(4,5)25)22(7-2)26-23(27)8-3;/h8,21-22H,3,6-7,9-20,25H2,1-2,4-5H3,(H,26,27);1H. The largest absolute Gasteiger partial charge is 0.350 e. The molecule has 0 aromatic carbocycles. The van der Waals surface area contributed by atoms with Crippen LogP contribution in [0.5, 0.6) is 0 Å². The summed E-state index contributed by atoms with van der Waals surface area (Å²) in [4.78, 5) is 11.7. The molecule has 0 radical (unpaired) electrons. The van der Waals surface area contributed by atoms with E-state index in [2.05, 4.69) is 39.6 Å². The van der Waals surface area contributed by atoms with Crippen molar-refractivity contribution >= 4 is 18.3 Å². The normalized spacial score (nSPS) is 13.5. The van der Waals surface area contributed by atoms with Gasteiger partial charge in [-0.3, -0.25) is 4.79 Å². The second-order valence-electron chi connectivity index (χ2n) is 8.83. The lowest BCUT2D eigenvalue weighted by Gasteiger charge is -2.37. The zero-order valence-corrected chi connectivity index (χ0v) is 20.0. The molecule has 0 spiro atoms. The molecule has 4 heteroatoms. The molecule has 2 unspecified atom stereocenters. The Kier molecular flexibility index (Phi) is 19.6. The van der Waals surface area contributed by atoms with Gasteiger partial charge in [-0.05, 0) is 38.7 Å². The van der Waals surface area contributed by atoms with Crippen LogP contribution >= 0.6 is 12.4 Å². The van der Waals surface area contributed by atoms with Gasteiger partial charge in [-0.1, -0.05) is 97.5 Å². The first-order valence-corrected chi connectivity index (χ1v) is 11.6. The average Bonchev–Trinajstić information content (AvgIpc) is 2.62. The van der Waals surface area contributed by atoms with Crippen molar-refractivity contribution in [1.82, 2.24) is 5.32 Å². The number of carbonyl (C=O) groups excluding carboxylic acids is 1. The first-order valence-electron chi connectivity index (χ1n) is 11.6. The molecular formula is C24H49ClN2O. The quantitative estimate of drug-likeness (QED) is 0.188. The predicted molar refractivity (Wildman–Crippen MR) is 127 cm³/mol. The lowest BCUT2D eigenvalue weighted by Crippen LogP contribution is -2.52. The molecule has 2 atom stereocenters. The molecule has 0 saturated carbocycles. The zero-order valence-electron chi connectivity index (χ0n) is 19.2. The molecule has 0 rings (SSSR count). The van der Waals surface area contributed by atoms with E-state index >= 15 is 0 Å². The molecule has 0 aliphatic heterocycles. The van der Waals surface area contributed by atoms with Crippen molar-refractivity contribution < 1.29 is 4.79 Å². The highest BCUT2D eigenvalue weighted by atomic mass is 35.5. The first kappa shape index (κ1) is 29.7. The lowest BCUT2D eigenvalue weighted by molar-refractivity contribution is -0.117. The molecule has 0 heterocycles. The van der Waals surface area contributed by atoms with Crippen LogP contribution < -0.4 is 11.1 Å². The fourth-order valence-corrected chi connectivity index (χ4v) is 4.03. The van der Waals surface area contributed by atoms with Gasteiger partial charge in [-0.2, -0.15) is 0 Å². The molecule has 0 fully saturated rings. The molecule has 28 heavy (non-hydrogen) atoms. The summed E-state index contributed by atoms with van der Waals surface area (Å²) >= 11 is 0. The highest BCUT2D eigenvalue weighted by molar-refractivity contribution is 5.87. The van der Waals surface area contributed by atoms with E-state index in [4.69, 9.17) is 5.73 Å². The van der Waals surface area contributed by atoms with E-state index in [0.29, 0.717) is 5.92 Å². The molecular weight excluding hydrogens is 368 g/mol. The van der Waals surface area contributed by atoms with Gasteiger partial charge in [0, 0.05) is 11.6 Å². The summed E-state index contributed by atoms with van der Waals surface area (Å²) in [6.45, 7) is 12.1. The van der Waals surface area contributed by atoms with Crippen LogP contribution in [0.2, 0.25) is 0 Å². The van der Waals surface area contributed by atoms with E-state index < -0.39 is 0 Å². The number of carbonyl (C=O) groups is 1. The van der Waals surface area contributed by atoms with Crippen LogP contribution in [0.1, 0.15) is 118 Å². The fourth-order valence-electron chi connectivity index (χ4n) is 4.03. The van der Waals surface area contributed by atoms with Crippen LogP contribution in [0.25, 0.3) is 0 Å². The summed E-state index contributed by atoms with van der Waals surface area (Å²) in [5, 5.41) is 3.08. The Morgan fingerprint density at radius 2 is 1.36 bits per heavy atom. The van der Waals surface area contributed by atoms with Crippen molar-refractivity contribution in [2.75, 3.05) is 0 Å². The van der Waals surface area contributed by atoms with E-state index in [1.165, 1.54) is 83.1 Å². The highest BCUT2D eigenvalue weighted by Gasteiger charge is 2.31. The van der Waals surface area contributed by atoms with Crippen LogP contribution in [0, 0.1) is 5.92 Å². The summed E-state index contributed by atoms with van der Waals surface area (Å²) in [6, 6.07) is 0.128. The van der Waals surface area contributed by atoms with Crippen molar-refractivity contribution in [3.8, 4) is 0 Å². The SMILES string of the molecule is C=CC(=O)NC(CC)C(CCCCCCCCCCCCCC)C(C)(C)N.Cl. The molecule has 0 aromatic rings. The van der Waals surface area contributed by atoms with E-state index in [1.807, 2.05) is 0 Å². The number of unbranched alkanes of at least 4 members (excludes halogenated alkanes) is 11. The maximum Gasteiger partial charge on any atom is 0.243 e. The zero-order chi connectivity index (χ0) is 20.5. The number of rotatable bonds is 18. The Labute approximate surface area is 182 Å². The van der Waals surface area contributed by atoms with Crippen molar-refractivity contribution in [2.45, 2.75) is 129 Å². The average molecular weight is 417 g/mol. The number of amides is 1. The number of halogens is 1. The third-order valence-corrected chi connectivity index (χ3v) is 5.76. The fraction of sp³-hybridized carbons (Fsp3) is 0.875. The lowest BCUT2D eigenvalue weighted by atomic mass is 9.78. The predicted octanol–water partition coefficient (Wildman–Crippen LogP) is 6.93. The second-order valence-corrected chi connectivity index (χ2v) is 8.83. The Morgan fingerprint density at radius 1 is 0.929 bits per heavy atom. The summed E-state index contributed by atoms with van der Waals surface area (Å²) in [5.74, 6) is 0.209. The molecule has 0 aliphatic carbocycles. The Balaban J connectivity index is 0. The molecule has 168 valence electrons. The topological polar surface area (TPSA) is 55.1 Å². The number of nitrogens with one attached hydrogen (secondary N) is 1. The minimum absolute atomic E-state index is 0. The summed E-state index contributed by atoms with van der Waals surface area (Å²) in [5.41, 5.74) is 6.15. The smallest absolute Gasteiger partial charge is 0.243 e. The number of nitrogens with two attached hydrogens (primary N) is 1. The van der Waals surface area contributed by atoms with E-state index in [-0.39, 0.29) is 29.9 Å². The van der Waals surface area contributed by atoms with Gasteiger partial charge in [0.25, 0.3) is 0 Å². The molecule has 1 amide bonds. The third-order valence-electron chi connectivity index (χ3n) is 5.76. The Morgan fingerprint density at radius 3 is 1.71 bits per heavy atom. The number of hydrogen-bond acceptors (Lipinski definition) is 2. The van der Waals surface area contributed by atoms with Gasteiger partial charge in [0.1, 0.15) is 0 Å². The van der Waals surface area contributed by atoms with Gasteiger partial charge in [-0.15, -0.1) is 12.4 Å². The molecule has 3 nitrogen and oxygen atoms in total.